The summed E-state index contributed by atoms with van der Waals surface area (Å²) in [5.41, 5.74) is 1.01. The van der Waals surface area contributed by atoms with Crippen LogP contribution in [0, 0.1) is 5.82 Å². The molecule has 0 atom stereocenters. The van der Waals surface area contributed by atoms with Gasteiger partial charge in [-0.2, -0.15) is 0 Å². The Bertz CT molecular complexity index is 562. The van der Waals surface area contributed by atoms with Crippen LogP contribution in [0.2, 0.25) is 0 Å². The minimum atomic E-state index is -0.564. The minimum absolute atomic E-state index is 0.109. The molecule has 0 bridgehead atoms. The number of amides is 2. The molecule has 0 aromatic carbocycles. The molecule has 0 fully saturated rings. The summed E-state index contributed by atoms with van der Waals surface area (Å²) in [5.74, 6) is -0.564. The van der Waals surface area contributed by atoms with Gasteiger partial charge < -0.3 is 10.2 Å². The molecule has 0 saturated carbocycles. The van der Waals surface area contributed by atoms with E-state index >= 15 is 0 Å². The fourth-order valence-electron chi connectivity index (χ4n) is 1.52. The molecule has 2 aromatic heterocycles. The van der Waals surface area contributed by atoms with Gasteiger partial charge >= 0.3 is 6.03 Å². The largest absolute Gasteiger partial charge is 0.323 e. The highest BCUT2D eigenvalue weighted by Gasteiger charge is 2.11. The zero-order chi connectivity index (χ0) is 13.7. The summed E-state index contributed by atoms with van der Waals surface area (Å²) >= 11 is 0. The van der Waals surface area contributed by atoms with Crippen molar-refractivity contribution in [3.8, 4) is 0 Å². The number of anilines is 1. The monoisotopic (exact) mass is 260 g/mol. The van der Waals surface area contributed by atoms with Gasteiger partial charge in [-0.25, -0.2) is 9.18 Å². The van der Waals surface area contributed by atoms with Gasteiger partial charge in [0, 0.05) is 32.2 Å². The summed E-state index contributed by atoms with van der Waals surface area (Å²) in [5, 5.41) is 2.48. The molecule has 0 unspecified atom stereocenters. The molecule has 19 heavy (non-hydrogen) atoms. The van der Waals surface area contributed by atoms with Gasteiger partial charge in [0.15, 0.2) is 5.82 Å². The van der Waals surface area contributed by atoms with Crippen molar-refractivity contribution in [1.82, 2.24) is 14.9 Å². The Labute approximate surface area is 110 Å². The van der Waals surface area contributed by atoms with Crippen molar-refractivity contribution < 1.29 is 9.18 Å². The van der Waals surface area contributed by atoms with E-state index in [1.165, 1.54) is 17.2 Å². The summed E-state index contributed by atoms with van der Waals surface area (Å²) in [4.78, 5) is 20.9. The number of pyridine rings is 2. The van der Waals surface area contributed by atoms with Gasteiger partial charge in [0.25, 0.3) is 0 Å². The van der Waals surface area contributed by atoms with E-state index in [0.29, 0.717) is 6.54 Å². The number of halogens is 1. The average Bonchev–Trinajstić information content (AvgIpc) is 2.42. The summed E-state index contributed by atoms with van der Waals surface area (Å²) in [6.07, 6.45) is 5.81. The number of nitrogens with zero attached hydrogens (tertiary/aromatic N) is 3. The number of nitrogens with one attached hydrogen (secondary N) is 1. The number of aromatic nitrogens is 2. The third kappa shape index (κ3) is 3.48. The predicted octanol–water partition coefficient (Wildman–Crippen LogP) is 2.28. The van der Waals surface area contributed by atoms with E-state index in [1.54, 1.807) is 25.5 Å². The molecular formula is C13H13FN4O. The number of rotatable bonds is 3. The van der Waals surface area contributed by atoms with Gasteiger partial charge in [-0.3, -0.25) is 9.97 Å². The van der Waals surface area contributed by atoms with Crippen molar-refractivity contribution in [3.05, 3.63) is 54.4 Å². The van der Waals surface area contributed by atoms with Crippen molar-refractivity contribution in [1.29, 1.82) is 0 Å². The highest BCUT2D eigenvalue weighted by atomic mass is 19.1. The number of carbonyl (C=O) groups is 1. The Morgan fingerprint density at radius 3 is 2.79 bits per heavy atom. The predicted molar refractivity (Wildman–Crippen MR) is 68.9 cm³/mol. The van der Waals surface area contributed by atoms with E-state index in [4.69, 9.17) is 0 Å². The normalized spacial score (nSPS) is 10.0. The van der Waals surface area contributed by atoms with E-state index in [9.17, 15) is 9.18 Å². The van der Waals surface area contributed by atoms with E-state index in [-0.39, 0.29) is 5.69 Å². The fourth-order valence-corrected chi connectivity index (χ4v) is 1.52. The first-order chi connectivity index (χ1) is 9.16. The molecule has 0 radical (unpaired) electrons. The molecule has 98 valence electrons. The second kappa shape index (κ2) is 5.90. The fraction of sp³-hybridized carbons (Fsp3) is 0.154. The number of hydrogen-bond donors (Lipinski definition) is 1. The van der Waals surface area contributed by atoms with Crippen molar-refractivity contribution in [2.24, 2.45) is 0 Å². The Hall–Kier alpha value is -2.50. The molecule has 0 spiro atoms. The van der Waals surface area contributed by atoms with Crippen LogP contribution in [0.4, 0.5) is 14.9 Å². The van der Waals surface area contributed by atoms with Crippen molar-refractivity contribution >= 4 is 11.7 Å². The molecule has 0 aliphatic rings. The number of urea groups is 1. The zero-order valence-electron chi connectivity index (χ0n) is 10.4. The maximum Gasteiger partial charge on any atom is 0.321 e. The Kier molecular flexibility index (Phi) is 4.02. The van der Waals surface area contributed by atoms with E-state index in [0.717, 1.165) is 11.8 Å². The highest BCUT2D eigenvalue weighted by molar-refractivity contribution is 5.89. The summed E-state index contributed by atoms with van der Waals surface area (Å²) in [6.45, 7) is 0.395. The summed E-state index contributed by atoms with van der Waals surface area (Å²) < 4.78 is 13.3. The van der Waals surface area contributed by atoms with Gasteiger partial charge in [-0.15, -0.1) is 0 Å². The van der Waals surface area contributed by atoms with Gasteiger partial charge in [0.2, 0.25) is 0 Å². The van der Waals surface area contributed by atoms with Crippen LogP contribution in [-0.4, -0.2) is 27.9 Å². The van der Waals surface area contributed by atoms with Gasteiger partial charge in [-0.05, 0) is 17.7 Å². The highest BCUT2D eigenvalue weighted by Crippen LogP contribution is 2.12. The smallest absolute Gasteiger partial charge is 0.321 e. The van der Waals surface area contributed by atoms with Crippen LogP contribution in [0.3, 0.4) is 0 Å². The molecule has 2 heterocycles. The molecule has 5 nitrogen and oxygen atoms in total. The summed E-state index contributed by atoms with van der Waals surface area (Å²) in [6, 6.07) is 4.67. The second-order valence-electron chi connectivity index (χ2n) is 4.00. The van der Waals surface area contributed by atoms with Crippen LogP contribution in [0.25, 0.3) is 0 Å². The van der Waals surface area contributed by atoms with E-state index in [1.807, 2.05) is 6.07 Å². The second-order valence-corrected chi connectivity index (χ2v) is 4.00. The standard InChI is InChI=1S/C13H13FN4O/c1-18(9-10-3-2-5-15-7-10)13(19)17-12-4-6-16-8-11(12)14/h2-8H,9H2,1H3,(H,16,17,19). The Balaban J connectivity index is 1.99. The third-order valence-electron chi connectivity index (χ3n) is 2.50. The first-order valence-electron chi connectivity index (χ1n) is 5.67. The lowest BCUT2D eigenvalue weighted by Crippen LogP contribution is -2.31. The van der Waals surface area contributed by atoms with Crippen LogP contribution in [0.15, 0.2) is 43.0 Å². The first kappa shape index (κ1) is 12.9. The van der Waals surface area contributed by atoms with E-state index in [2.05, 4.69) is 15.3 Å². The number of carbonyl (C=O) groups excluding carboxylic acids is 1. The van der Waals surface area contributed by atoms with Crippen LogP contribution in [-0.2, 0) is 6.54 Å². The van der Waals surface area contributed by atoms with Crippen LogP contribution in [0.1, 0.15) is 5.56 Å². The number of hydrogen-bond acceptors (Lipinski definition) is 3. The van der Waals surface area contributed by atoms with Crippen molar-refractivity contribution in [2.45, 2.75) is 6.54 Å². The molecule has 2 rings (SSSR count). The zero-order valence-corrected chi connectivity index (χ0v) is 10.4. The lowest BCUT2D eigenvalue weighted by Gasteiger charge is -2.18. The molecule has 6 heteroatoms. The van der Waals surface area contributed by atoms with Gasteiger partial charge in [0.05, 0.1) is 11.9 Å². The maximum atomic E-state index is 13.3. The SMILES string of the molecule is CN(Cc1cccnc1)C(=O)Nc1ccncc1F. The van der Waals surface area contributed by atoms with Crippen molar-refractivity contribution in [2.75, 3.05) is 12.4 Å². The molecule has 1 N–H and O–H groups in total. The van der Waals surface area contributed by atoms with E-state index < -0.39 is 11.8 Å². The molecule has 0 saturated heterocycles. The molecular weight excluding hydrogens is 247 g/mol. The molecule has 0 aliphatic carbocycles. The van der Waals surface area contributed by atoms with Gasteiger partial charge in [-0.1, -0.05) is 6.07 Å². The van der Waals surface area contributed by atoms with Crippen molar-refractivity contribution in [3.63, 3.8) is 0 Å². The maximum absolute atomic E-state index is 13.3. The minimum Gasteiger partial charge on any atom is -0.323 e. The molecule has 2 aromatic rings. The summed E-state index contributed by atoms with van der Waals surface area (Å²) in [7, 11) is 1.63. The third-order valence-corrected chi connectivity index (χ3v) is 2.50. The van der Waals surface area contributed by atoms with Crippen LogP contribution in [0.5, 0.6) is 0 Å². The lowest BCUT2D eigenvalue weighted by atomic mass is 10.3. The topological polar surface area (TPSA) is 58.1 Å². The van der Waals surface area contributed by atoms with Gasteiger partial charge in [0.1, 0.15) is 0 Å². The molecule has 0 aliphatic heterocycles. The quantitative estimate of drug-likeness (QED) is 0.921. The lowest BCUT2D eigenvalue weighted by molar-refractivity contribution is 0.220. The first-order valence-corrected chi connectivity index (χ1v) is 5.67. The molecule has 2 amide bonds. The van der Waals surface area contributed by atoms with Crippen LogP contribution >= 0.6 is 0 Å². The van der Waals surface area contributed by atoms with Crippen LogP contribution < -0.4 is 5.32 Å². The average molecular weight is 260 g/mol. The Morgan fingerprint density at radius 1 is 1.32 bits per heavy atom. The Morgan fingerprint density at radius 2 is 2.11 bits per heavy atom.